The normalized spacial score (nSPS) is 28.3. The molecule has 2 aliphatic rings. The molecule has 2 aliphatic heterocycles. The summed E-state index contributed by atoms with van der Waals surface area (Å²) < 4.78 is 0.984. The molecule has 2 unspecified atom stereocenters. The van der Waals surface area contributed by atoms with Crippen molar-refractivity contribution in [2.45, 2.75) is 25.0 Å². The van der Waals surface area contributed by atoms with Crippen LogP contribution in [0.4, 0.5) is 5.69 Å². The van der Waals surface area contributed by atoms with Crippen LogP contribution in [0.25, 0.3) is 0 Å². The summed E-state index contributed by atoms with van der Waals surface area (Å²) in [6.07, 6.45) is 1.35. The minimum absolute atomic E-state index is 0.0591. The van der Waals surface area contributed by atoms with E-state index >= 15 is 0 Å². The van der Waals surface area contributed by atoms with Gasteiger partial charge >= 0.3 is 0 Å². The van der Waals surface area contributed by atoms with Crippen molar-refractivity contribution in [2.24, 2.45) is 0 Å². The van der Waals surface area contributed by atoms with Gasteiger partial charge in [-0.3, -0.25) is 9.69 Å². The second-order valence-corrected chi connectivity index (χ2v) is 6.13. The molecule has 19 heavy (non-hydrogen) atoms. The lowest BCUT2D eigenvalue weighted by molar-refractivity contribution is -0.121. The number of hydrogen-bond acceptors (Lipinski definition) is 3. The van der Waals surface area contributed by atoms with Crippen molar-refractivity contribution in [2.75, 3.05) is 24.5 Å². The lowest BCUT2D eigenvalue weighted by Crippen LogP contribution is -2.41. The zero-order valence-corrected chi connectivity index (χ0v) is 12.2. The average molecular weight is 325 g/mol. The molecular formula is C14H17BrN2O2. The van der Waals surface area contributed by atoms with E-state index in [1.54, 1.807) is 0 Å². The van der Waals surface area contributed by atoms with Gasteiger partial charge < -0.3 is 10.0 Å². The van der Waals surface area contributed by atoms with Gasteiger partial charge in [-0.05, 0) is 31.0 Å². The predicted molar refractivity (Wildman–Crippen MR) is 77.1 cm³/mol. The van der Waals surface area contributed by atoms with E-state index in [0.717, 1.165) is 36.1 Å². The van der Waals surface area contributed by atoms with Gasteiger partial charge in [-0.1, -0.05) is 22.0 Å². The van der Waals surface area contributed by atoms with E-state index in [1.165, 1.54) is 0 Å². The van der Waals surface area contributed by atoms with Gasteiger partial charge in [0.05, 0.1) is 12.1 Å². The lowest BCUT2D eigenvalue weighted by Gasteiger charge is -2.23. The molecule has 0 saturated carbocycles. The first-order valence-electron chi connectivity index (χ1n) is 6.64. The van der Waals surface area contributed by atoms with E-state index in [1.807, 2.05) is 29.2 Å². The second kappa shape index (κ2) is 5.23. The number of aliphatic hydroxyl groups excluding tert-OH is 1. The van der Waals surface area contributed by atoms with Crippen LogP contribution in [0, 0.1) is 0 Å². The quantitative estimate of drug-likeness (QED) is 0.899. The second-order valence-electron chi connectivity index (χ2n) is 5.21. The topological polar surface area (TPSA) is 43.8 Å². The molecule has 1 aromatic carbocycles. The summed E-state index contributed by atoms with van der Waals surface area (Å²) in [5, 5.41) is 9.59. The monoisotopic (exact) mass is 324 g/mol. The van der Waals surface area contributed by atoms with Gasteiger partial charge in [-0.2, -0.15) is 0 Å². The number of halogens is 1. The average Bonchev–Trinajstić information content (AvgIpc) is 2.95. The van der Waals surface area contributed by atoms with Gasteiger partial charge in [-0.25, -0.2) is 0 Å². The van der Waals surface area contributed by atoms with Crippen LogP contribution in [0.15, 0.2) is 28.7 Å². The molecule has 3 rings (SSSR count). The highest BCUT2D eigenvalue weighted by Gasteiger charge is 2.39. The smallest absolute Gasteiger partial charge is 0.244 e. The van der Waals surface area contributed by atoms with E-state index in [0.29, 0.717) is 6.54 Å². The van der Waals surface area contributed by atoms with Crippen molar-refractivity contribution in [3.8, 4) is 0 Å². The van der Waals surface area contributed by atoms with Crippen molar-refractivity contribution >= 4 is 27.5 Å². The number of carbonyl (C=O) groups excluding carboxylic acids is 1. The Kier molecular flexibility index (Phi) is 3.60. The summed E-state index contributed by atoms with van der Waals surface area (Å²) in [7, 11) is 0. The number of likely N-dealkylation sites (tertiary alicyclic amines) is 1. The van der Waals surface area contributed by atoms with Crippen LogP contribution in [-0.4, -0.2) is 47.7 Å². The first kappa shape index (κ1) is 13.1. The molecule has 2 saturated heterocycles. The highest BCUT2D eigenvalue weighted by Crippen LogP contribution is 2.28. The molecule has 2 atom stereocenters. The molecule has 0 radical (unpaired) electrons. The molecular weight excluding hydrogens is 308 g/mol. The summed E-state index contributed by atoms with van der Waals surface area (Å²) in [4.78, 5) is 16.5. The van der Waals surface area contributed by atoms with Crippen molar-refractivity contribution in [3.63, 3.8) is 0 Å². The fourth-order valence-corrected chi connectivity index (χ4v) is 3.34. The zero-order valence-electron chi connectivity index (χ0n) is 10.6. The molecule has 4 nitrogen and oxygen atoms in total. The third kappa shape index (κ3) is 2.55. The van der Waals surface area contributed by atoms with Crippen molar-refractivity contribution in [3.05, 3.63) is 28.7 Å². The number of hydrogen-bond donors (Lipinski definition) is 1. The molecule has 2 heterocycles. The molecule has 0 aliphatic carbocycles. The van der Waals surface area contributed by atoms with Gasteiger partial charge in [-0.15, -0.1) is 0 Å². The van der Waals surface area contributed by atoms with E-state index < -0.39 is 0 Å². The van der Waals surface area contributed by atoms with E-state index in [-0.39, 0.29) is 18.1 Å². The van der Waals surface area contributed by atoms with E-state index in [2.05, 4.69) is 20.8 Å². The number of aliphatic hydroxyl groups is 1. The van der Waals surface area contributed by atoms with Crippen LogP contribution in [0.5, 0.6) is 0 Å². The number of anilines is 1. The Morgan fingerprint density at radius 2 is 2.11 bits per heavy atom. The fourth-order valence-electron chi connectivity index (χ4n) is 2.96. The summed E-state index contributed by atoms with van der Waals surface area (Å²) in [6.45, 7) is 2.21. The molecule has 1 N–H and O–H groups in total. The number of nitrogens with zero attached hydrogens (tertiary/aromatic N) is 2. The molecule has 0 aromatic heterocycles. The van der Waals surface area contributed by atoms with Crippen molar-refractivity contribution in [1.82, 2.24) is 4.90 Å². The Labute approximate surface area is 121 Å². The summed E-state index contributed by atoms with van der Waals surface area (Å²) in [5.41, 5.74) is 0.946. The maximum Gasteiger partial charge on any atom is 0.244 e. The molecule has 2 fully saturated rings. The first-order chi connectivity index (χ1) is 9.15. The third-order valence-electron chi connectivity index (χ3n) is 3.93. The van der Waals surface area contributed by atoms with Gasteiger partial charge in [0, 0.05) is 29.8 Å². The van der Waals surface area contributed by atoms with Crippen LogP contribution >= 0.6 is 15.9 Å². The first-order valence-corrected chi connectivity index (χ1v) is 7.43. The molecule has 0 bridgehead atoms. The van der Waals surface area contributed by atoms with Crippen LogP contribution in [0.1, 0.15) is 12.8 Å². The van der Waals surface area contributed by atoms with Gasteiger partial charge in [0.1, 0.15) is 0 Å². The summed E-state index contributed by atoms with van der Waals surface area (Å²) in [6, 6.07) is 7.78. The SMILES string of the molecule is O=C1C(N2CCC(O)C2)CCN1c1cccc(Br)c1. The molecule has 1 aromatic rings. The highest BCUT2D eigenvalue weighted by molar-refractivity contribution is 9.10. The Morgan fingerprint density at radius 3 is 2.79 bits per heavy atom. The molecule has 102 valence electrons. The minimum atomic E-state index is -0.271. The molecule has 0 spiro atoms. The van der Waals surface area contributed by atoms with Crippen LogP contribution in [0.2, 0.25) is 0 Å². The Balaban J connectivity index is 1.75. The van der Waals surface area contributed by atoms with E-state index in [9.17, 15) is 9.90 Å². The predicted octanol–water partition coefficient (Wildman–Crippen LogP) is 1.62. The van der Waals surface area contributed by atoms with Crippen molar-refractivity contribution < 1.29 is 9.90 Å². The van der Waals surface area contributed by atoms with Crippen LogP contribution in [-0.2, 0) is 4.79 Å². The third-order valence-corrected chi connectivity index (χ3v) is 4.43. The Morgan fingerprint density at radius 1 is 1.26 bits per heavy atom. The number of β-amino-alcohol motifs (C(OH)–C–C–N with tert-alkyl or cyclic N) is 1. The largest absolute Gasteiger partial charge is 0.392 e. The van der Waals surface area contributed by atoms with Crippen molar-refractivity contribution in [1.29, 1.82) is 0 Å². The maximum absolute atomic E-state index is 12.5. The zero-order chi connectivity index (χ0) is 13.4. The number of rotatable bonds is 2. The summed E-state index contributed by atoms with van der Waals surface area (Å²) in [5.74, 6) is 0.159. The maximum atomic E-state index is 12.5. The lowest BCUT2D eigenvalue weighted by atomic mass is 10.2. The standard InChI is InChI=1S/C14H17BrN2O2/c15-10-2-1-3-11(8-10)17-7-5-13(14(17)19)16-6-4-12(18)9-16/h1-3,8,12-13,18H,4-7,9H2. The van der Waals surface area contributed by atoms with Gasteiger partial charge in [0.15, 0.2) is 0 Å². The molecule has 5 heteroatoms. The van der Waals surface area contributed by atoms with Crippen LogP contribution < -0.4 is 4.90 Å². The Bertz CT molecular complexity index is 494. The fraction of sp³-hybridized carbons (Fsp3) is 0.500. The highest BCUT2D eigenvalue weighted by atomic mass is 79.9. The van der Waals surface area contributed by atoms with Gasteiger partial charge in [0.25, 0.3) is 0 Å². The minimum Gasteiger partial charge on any atom is -0.392 e. The Hall–Kier alpha value is -0.910. The number of carbonyl (C=O) groups is 1. The van der Waals surface area contributed by atoms with Gasteiger partial charge in [0.2, 0.25) is 5.91 Å². The number of benzene rings is 1. The summed E-state index contributed by atoms with van der Waals surface area (Å²) >= 11 is 3.44. The molecule has 1 amide bonds. The number of amides is 1. The van der Waals surface area contributed by atoms with E-state index in [4.69, 9.17) is 0 Å². The van der Waals surface area contributed by atoms with Crippen LogP contribution in [0.3, 0.4) is 0 Å².